The van der Waals surface area contributed by atoms with Crippen LogP contribution < -0.4 is 4.74 Å². The normalized spacial score (nSPS) is 20.2. The molecular formula is C12H16FNO3. The Labute approximate surface area is 99.7 Å². The van der Waals surface area contributed by atoms with Crippen molar-refractivity contribution in [1.29, 1.82) is 0 Å². The maximum atomic E-state index is 12.5. The van der Waals surface area contributed by atoms with Gasteiger partial charge in [0.1, 0.15) is 12.4 Å². The molecule has 94 valence electrons. The molecule has 4 nitrogen and oxygen atoms in total. The van der Waals surface area contributed by atoms with Crippen LogP contribution in [0.15, 0.2) is 18.3 Å². The highest BCUT2D eigenvalue weighted by Gasteiger charge is 2.13. The molecule has 2 heterocycles. The van der Waals surface area contributed by atoms with Crippen molar-refractivity contribution < 1.29 is 18.6 Å². The van der Waals surface area contributed by atoms with E-state index in [0.29, 0.717) is 19.0 Å². The van der Waals surface area contributed by atoms with Gasteiger partial charge in [-0.1, -0.05) is 0 Å². The second-order valence-electron chi connectivity index (χ2n) is 3.83. The predicted molar refractivity (Wildman–Crippen MR) is 59.2 cm³/mol. The second kappa shape index (κ2) is 6.51. The van der Waals surface area contributed by atoms with Crippen molar-refractivity contribution in [3.05, 3.63) is 24.3 Å². The van der Waals surface area contributed by atoms with E-state index in [9.17, 15) is 4.39 Å². The minimum Gasteiger partial charge on any atom is -0.490 e. The van der Waals surface area contributed by atoms with E-state index in [1.165, 1.54) is 12.3 Å². The van der Waals surface area contributed by atoms with Gasteiger partial charge in [-0.3, -0.25) is 0 Å². The largest absolute Gasteiger partial charge is 0.490 e. The monoisotopic (exact) mass is 241 g/mol. The first-order chi connectivity index (χ1) is 8.34. The highest BCUT2D eigenvalue weighted by molar-refractivity contribution is 5.15. The molecule has 2 rings (SSSR count). The third kappa shape index (κ3) is 4.28. The molecule has 0 saturated carbocycles. The lowest BCUT2D eigenvalue weighted by Crippen LogP contribution is -2.24. The molecule has 0 amide bonds. The van der Waals surface area contributed by atoms with Crippen LogP contribution in [0.1, 0.15) is 19.3 Å². The topological polar surface area (TPSA) is 40.6 Å². The Balaban J connectivity index is 1.60. The SMILES string of the molecule is Fc1ccc(OCCOC2CCCCO2)cn1. The lowest BCUT2D eigenvalue weighted by atomic mass is 10.2. The van der Waals surface area contributed by atoms with Gasteiger partial charge in [0.15, 0.2) is 6.29 Å². The van der Waals surface area contributed by atoms with E-state index in [1.807, 2.05) is 0 Å². The fourth-order valence-electron chi connectivity index (χ4n) is 1.63. The van der Waals surface area contributed by atoms with E-state index in [2.05, 4.69) is 4.98 Å². The summed E-state index contributed by atoms with van der Waals surface area (Å²) >= 11 is 0. The lowest BCUT2D eigenvalue weighted by molar-refractivity contribution is -0.165. The van der Waals surface area contributed by atoms with Crippen LogP contribution in [-0.2, 0) is 9.47 Å². The molecule has 0 spiro atoms. The molecule has 0 radical (unpaired) electrons. The van der Waals surface area contributed by atoms with E-state index in [1.54, 1.807) is 6.07 Å². The minimum atomic E-state index is -0.510. The zero-order chi connectivity index (χ0) is 11.9. The van der Waals surface area contributed by atoms with Gasteiger partial charge in [0.2, 0.25) is 5.95 Å². The first kappa shape index (κ1) is 12.3. The molecule has 5 heteroatoms. The van der Waals surface area contributed by atoms with Gasteiger partial charge >= 0.3 is 0 Å². The molecular weight excluding hydrogens is 225 g/mol. The van der Waals surface area contributed by atoms with Gasteiger partial charge in [-0.25, -0.2) is 4.98 Å². The number of hydrogen-bond acceptors (Lipinski definition) is 4. The Morgan fingerprint density at radius 3 is 3.00 bits per heavy atom. The Morgan fingerprint density at radius 2 is 2.29 bits per heavy atom. The highest BCUT2D eigenvalue weighted by Crippen LogP contribution is 2.13. The fraction of sp³-hybridized carbons (Fsp3) is 0.583. The van der Waals surface area contributed by atoms with Crippen LogP contribution in [0.5, 0.6) is 5.75 Å². The molecule has 17 heavy (non-hydrogen) atoms. The summed E-state index contributed by atoms with van der Waals surface area (Å²) in [5.74, 6) is 0.0313. The Morgan fingerprint density at radius 1 is 1.35 bits per heavy atom. The third-order valence-corrected chi connectivity index (χ3v) is 2.49. The van der Waals surface area contributed by atoms with E-state index in [4.69, 9.17) is 14.2 Å². The number of ether oxygens (including phenoxy) is 3. The summed E-state index contributed by atoms with van der Waals surface area (Å²) in [5, 5.41) is 0. The molecule has 1 aliphatic rings. The van der Waals surface area contributed by atoms with Gasteiger partial charge in [-0.15, -0.1) is 0 Å². The number of aromatic nitrogens is 1. The van der Waals surface area contributed by atoms with Gasteiger partial charge in [0.05, 0.1) is 12.8 Å². The summed E-state index contributed by atoms with van der Waals surface area (Å²) in [6.07, 6.45) is 4.45. The lowest BCUT2D eigenvalue weighted by Gasteiger charge is -2.22. The quantitative estimate of drug-likeness (QED) is 0.585. The second-order valence-corrected chi connectivity index (χ2v) is 3.83. The first-order valence-electron chi connectivity index (χ1n) is 5.82. The molecule has 0 aromatic carbocycles. The molecule has 1 unspecified atom stereocenters. The summed E-state index contributed by atoms with van der Waals surface area (Å²) in [5.41, 5.74) is 0. The zero-order valence-corrected chi connectivity index (χ0v) is 9.60. The molecule has 1 saturated heterocycles. The summed E-state index contributed by atoms with van der Waals surface area (Å²) in [4.78, 5) is 3.49. The van der Waals surface area contributed by atoms with Crippen molar-refractivity contribution in [3.63, 3.8) is 0 Å². The van der Waals surface area contributed by atoms with E-state index in [0.717, 1.165) is 25.9 Å². The molecule has 0 N–H and O–H groups in total. The van der Waals surface area contributed by atoms with Crippen molar-refractivity contribution in [1.82, 2.24) is 4.98 Å². The number of halogens is 1. The molecule has 1 aromatic rings. The van der Waals surface area contributed by atoms with Gasteiger partial charge in [0.25, 0.3) is 0 Å². The van der Waals surface area contributed by atoms with Crippen LogP contribution in [0.4, 0.5) is 4.39 Å². The molecule has 1 fully saturated rings. The average Bonchev–Trinajstić information content (AvgIpc) is 2.38. The Kier molecular flexibility index (Phi) is 4.70. The summed E-state index contributed by atoms with van der Waals surface area (Å²) in [6.45, 7) is 1.64. The Bertz CT molecular complexity index is 325. The van der Waals surface area contributed by atoms with Crippen molar-refractivity contribution in [3.8, 4) is 5.75 Å². The summed E-state index contributed by atoms with van der Waals surface area (Å²) < 4.78 is 28.7. The van der Waals surface area contributed by atoms with Crippen LogP contribution in [0.2, 0.25) is 0 Å². The highest BCUT2D eigenvalue weighted by atomic mass is 19.1. The van der Waals surface area contributed by atoms with E-state index >= 15 is 0 Å². The van der Waals surface area contributed by atoms with Crippen LogP contribution in [0, 0.1) is 5.95 Å². The standard InChI is InChI=1S/C12H16FNO3/c13-11-5-4-10(9-14-11)15-7-8-17-12-3-1-2-6-16-12/h4-5,9,12H,1-3,6-8H2. The van der Waals surface area contributed by atoms with Crippen LogP contribution >= 0.6 is 0 Å². The van der Waals surface area contributed by atoms with Crippen molar-refractivity contribution in [2.45, 2.75) is 25.6 Å². The fourth-order valence-corrected chi connectivity index (χ4v) is 1.63. The molecule has 1 aliphatic heterocycles. The predicted octanol–water partition coefficient (Wildman–Crippen LogP) is 2.14. The van der Waals surface area contributed by atoms with Crippen LogP contribution in [0.25, 0.3) is 0 Å². The zero-order valence-electron chi connectivity index (χ0n) is 9.60. The van der Waals surface area contributed by atoms with Crippen LogP contribution in [0.3, 0.4) is 0 Å². The Hall–Kier alpha value is -1.20. The van der Waals surface area contributed by atoms with Crippen molar-refractivity contribution in [2.75, 3.05) is 19.8 Å². The minimum absolute atomic E-state index is 0.0984. The summed E-state index contributed by atoms with van der Waals surface area (Å²) in [6, 6.07) is 2.81. The maximum absolute atomic E-state index is 12.5. The number of pyridine rings is 1. The number of hydrogen-bond donors (Lipinski definition) is 0. The van der Waals surface area contributed by atoms with E-state index in [-0.39, 0.29) is 6.29 Å². The number of rotatable bonds is 5. The molecule has 0 aliphatic carbocycles. The maximum Gasteiger partial charge on any atom is 0.213 e. The average molecular weight is 241 g/mol. The van der Waals surface area contributed by atoms with Crippen molar-refractivity contribution >= 4 is 0 Å². The smallest absolute Gasteiger partial charge is 0.213 e. The van der Waals surface area contributed by atoms with Gasteiger partial charge in [0, 0.05) is 6.61 Å². The van der Waals surface area contributed by atoms with E-state index < -0.39 is 5.95 Å². The van der Waals surface area contributed by atoms with Gasteiger partial charge in [-0.05, 0) is 31.4 Å². The summed E-state index contributed by atoms with van der Waals surface area (Å²) in [7, 11) is 0. The molecule has 1 atom stereocenters. The number of nitrogens with zero attached hydrogens (tertiary/aromatic N) is 1. The third-order valence-electron chi connectivity index (χ3n) is 2.49. The van der Waals surface area contributed by atoms with Crippen LogP contribution in [-0.4, -0.2) is 31.1 Å². The molecule has 1 aromatic heterocycles. The molecule has 0 bridgehead atoms. The van der Waals surface area contributed by atoms with Gasteiger partial charge in [-0.2, -0.15) is 4.39 Å². The van der Waals surface area contributed by atoms with Crippen molar-refractivity contribution in [2.24, 2.45) is 0 Å². The first-order valence-corrected chi connectivity index (χ1v) is 5.82. The van der Waals surface area contributed by atoms with Gasteiger partial charge < -0.3 is 14.2 Å².